The lowest BCUT2D eigenvalue weighted by Gasteiger charge is -2.34. The average molecular weight is 468 g/mol. The third-order valence-electron chi connectivity index (χ3n) is 6.10. The molecule has 4 rings (SSSR count). The molecule has 0 bridgehead atoms. The molecular formula is C25H33N5O2S. The van der Waals surface area contributed by atoms with Crippen molar-refractivity contribution in [1.29, 1.82) is 0 Å². The number of aromatic nitrogens is 3. The zero-order chi connectivity index (χ0) is 24.1. The fraction of sp³-hybridized carbons (Fsp3) is 0.520. The van der Waals surface area contributed by atoms with Gasteiger partial charge in [0.25, 0.3) is 11.8 Å². The number of hydrogen-bond donors (Lipinski definition) is 0. The van der Waals surface area contributed by atoms with E-state index in [1.807, 2.05) is 46.5 Å². The van der Waals surface area contributed by atoms with Gasteiger partial charge in [0, 0.05) is 36.8 Å². The van der Waals surface area contributed by atoms with Crippen LogP contribution in [0.1, 0.15) is 76.8 Å². The Morgan fingerprint density at radius 2 is 1.61 bits per heavy atom. The van der Waals surface area contributed by atoms with Crippen molar-refractivity contribution >= 4 is 34.2 Å². The van der Waals surface area contributed by atoms with Gasteiger partial charge in [0.15, 0.2) is 5.65 Å². The second-order valence-corrected chi connectivity index (χ2v) is 11.4. The number of carbonyl (C=O) groups is 2. The summed E-state index contributed by atoms with van der Waals surface area (Å²) in [6.45, 7) is 16.5. The SMILES string of the molecule is Cc1ccc(C(=O)N2CCN(C(=O)c3cc(C(C)C)nc4c3c(C)nn4C(C)(C)C)CC2)s1. The van der Waals surface area contributed by atoms with Crippen LogP contribution in [-0.4, -0.2) is 62.6 Å². The summed E-state index contributed by atoms with van der Waals surface area (Å²) in [4.78, 5) is 37.0. The third-order valence-corrected chi connectivity index (χ3v) is 7.08. The first-order chi connectivity index (χ1) is 15.5. The molecule has 0 N–H and O–H groups in total. The molecule has 0 saturated carbocycles. The first-order valence-electron chi connectivity index (χ1n) is 11.5. The largest absolute Gasteiger partial charge is 0.335 e. The summed E-state index contributed by atoms with van der Waals surface area (Å²) < 4.78 is 1.93. The molecule has 3 aromatic rings. The van der Waals surface area contributed by atoms with Gasteiger partial charge in [-0.05, 0) is 58.7 Å². The summed E-state index contributed by atoms with van der Waals surface area (Å²) in [7, 11) is 0. The Morgan fingerprint density at radius 1 is 1.00 bits per heavy atom. The number of carbonyl (C=O) groups excluding carboxylic acids is 2. The van der Waals surface area contributed by atoms with Crippen molar-refractivity contribution in [1.82, 2.24) is 24.6 Å². The zero-order valence-corrected chi connectivity index (χ0v) is 21.4. The Morgan fingerprint density at radius 3 is 2.12 bits per heavy atom. The Hall–Kier alpha value is -2.74. The van der Waals surface area contributed by atoms with E-state index < -0.39 is 0 Å². The molecule has 8 heteroatoms. The van der Waals surface area contributed by atoms with Crippen molar-refractivity contribution in [3.05, 3.63) is 44.9 Å². The number of aryl methyl sites for hydroxylation is 2. The Balaban J connectivity index is 1.63. The number of rotatable bonds is 3. The average Bonchev–Trinajstić information content (AvgIpc) is 3.35. The molecular weight excluding hydrogens is 434 g/mol. The van der Waals surface area contributed by atoms with E-state index in [-0.39, 0.29) is 23.3 Å². The van der Waals surface area contributed by atoms with E-state index in [2.05, 4.69) is 34.6 Å². The van der Waals surface area contributed by atoms with Crippen molar-refractivity contribution in [3.63, 3.8) is 0 Å². The lowest BCUT2D eigenvalue weighted by atomic mass is 10.0. The maximum atomic E-state index is 13.7. The number of hydrogen-bond acceptors (Lipinski definition) is 5. The van der Waals surface area contributed by atoms with Crippen LogP contribution in [0.2, 0.25) is 0 Å². The van der Waals surface area contributed by atoms with Gasteiger partial charge in [-0.2, -0.15) is 5.10 Å². The second-order valence-electron chi connectivity index (χ2n) is 10.1. The quantitative estimate of drug-likeness (QED) is 0.565. The molecule has 0 spiro atoms. The highest BCUT2D eigenvalue weighted by Crippen LogP contribution is 2.30. The van der Waals surface area contributed by atoms with Gasteiger partial charge in [-0.1, -0.05) is 13.8 Å². The molecule has 33 heavy (non-hydrogen) atoms. The van der Waals surface area contributed by atoms with Gasteiger partial charge in [-0.25, -0.2) is 9.67 Å². The van der Waals surface area contributed by atoms with Crippen LogP contribution in [0.25, 0.3) is 11.0 Å². The van der Waals surface area contributed by atoms with E-state index in [0.29, 0.717) is 31.7 Å². The molecule has 1 fully saturated rings. The first-order valence-corrected chi connectivity index (χ1v) is 12.3. The Bertz CT molecular complexity index is 1210. The standard InChI is InChI=1S/C25H33N5O2S/c1-15(2)19-14-18(21-17(4)27-30(22(21)26-19)25(5,6)7)23(31)28-10-12-29(13-11-28)24(32)20-9-8-16(3)33-20/h8-9,14-15H,10-13H2,1-7H3. The predicted octanol–water partition coefficient (Wildman–Crippen LogP) is 4.59. The van der Waals surface area contributed by atoms with Gasteiger partial charge in [0.05, 0.1) is 27.1 Å². The maximum absolute atomic E-state index is 13.7. The number of amides is 2. The molecule has 0 atom stereocenters. The minimum atomic E-state index is -0.248. The van der Waals surface area contributed by atoms with Crippen LogP contribution in [0.5, 0.6) is 0 Å². The third kappa shape index (κ3) is 4.40. The number of piperazine rings is 1. The highest BCUT2D eigenvalue weighted by Gasteiger charge is 2.30. The fourth-order valence-electron chi connectivity index (χ4n) is 4.23. The first kappa shape index (κ1) is 23.4. The number of fused-ring (bicyclic) bond motifs is 1. The summed E-state index contributed by atoms with van der Waals surface area (Å²) in [5.41, 5.74) is 2.87. The Kier molecular flexibility index (Phi) is 6.07. The predicted molar refractivity (Wildman–Crippen MR) is 132 cm³/mol. The van der Waals surface area contributed by atoms with E-state index in [1.54, 1.807) is 0 Å². The molecule has 7 nitrogen and oxygen atoms in total. The summed E-state index contributed by atoms with van der Waals surface area (Å²) in [5, 5.41) is 5.58. The summed E-state index contributed by atoms with van der Waals surface area (Å²) >= 11 is 1.52. The van der Waals surface area contributed by atoms with Gasteiger partial charge in [-0.3, -0.25) is 9.59 Å². The van der Waals surface area contributed by atoms with Crippen LogP contribution < -0.4 is 0 Å². The summed E-state index contributed by atoms with van der Waals surface area (Å²) in [5.74, 6) is 0.226. The lowest BCUT2D eigenvalue weighted by Crippen LogP contribution is -2.50. The van der Waals surface area contributed by atoms with E-state index in [9.17, 15) is 9.59 Å². The molecule has 0 aromatic carbocycles. The van der Waals surface area contributed by atoms with Gasteiger partial charge in [0.2, 0.25) is 0 Å². The summed E-state index contributed by atoms with van der Waals surface area (Å²) in [6.07, 6.45) is 0. The maximum Gasteiger partial charge on any atom is 0.264 e. The molecule has 0 radical (unpaired) electrons. The molecule has 1 aliphatic rings. The molecule has 0 aliphatic carbocycles. The minimum absolute atomic E-state index is 0.0140. The summed E-state index contributed by atoms with van der Waals surface area (Å²) in [6, 6.07) is 5.79. The monoisotopic (exact) mass is 467 g/mol. The van der Waals surface area contributed by atoms with Crippen molar-refractivity contribution in [3.8, 4) is 0 Å². The smallest absolute Gasteiger partial charge is 0.264 e. The minimum Gasteiger partial charge on any atom is -0.335 e. The molecule has 176 valence electrons. The van der Waals surface area contributed by atoms with Crippen LogP contribution in [0.3, 0.4) is 0 Å². The molecule has 0 unspecified atom stereocenters. The van der Waals surface area contributed by atoms with E-state index >= 15 is 0 Å². The lowest BCUT2D eigenvalue weighted by molar-refractivity contribution is 0.0539. The van der Waals surface area contributed by atoms with Crippen LogP contribution in [0, 0.1) is 13.8 Å². The zero-order valence-electron chi connectivity index (χ0n) is 20.6. The topological polar surface area (TPSA) is 71.3 Å². The van der Waals surface area contributed by atoms with Crippen molar-refractivity contribution in [2.75, 3.05) is 26.2 Å². The van der Waals surface area contributed by atoms with E-state index in [1.165, 1.54) is 11.3 Å². The normalized spacial score (nSPS) is 15.0. The van der Waals surface area contributed by atoms with E-state index in [4.69, 9.17) is 10.1 Å². The molecule has 1 saturated heterocycles. The second kappa shape index (κ2) is 8.56. The van der Waals surface area contributed by atoms with Crippen LogP contribution in [0.15, 0.2) is 18.2 Å². The number of thiophene rings is 1. The fourth-order valence-corrected chi connectivity index (χ4v) is 5.06. The number of pyridine rings is 1. The highest BCUT2D eigenvalue weighted by molar-refractivity contribution is 7.13. The van der Waals surface area contributed by atoms with Crippen molar-refractivity contribution in [2.45, 2.75) is 59.9 Å². The van der Waals surface area contributed by atoms with Crippen molar-refractivity contribution < 1.29 is 9.59 Å². The van der Waals surface area contributed by atoms with Gasteiger partial charge in [0.1, 0.15) is 0 Å². The van der Waals surface area contributed by atoms with Crippen LogP contribution in [-0.2, 0) is 5.54 Å². The Labute approximate surface area is 199 Å². The number of nitrogens with zero attached hydrogens (tertiary/aromatic N) is 5. The van der Waals surface area contributed by atoms with Crippen molar-refractivity contribution in [2.24, 2.45) is 0 Å². The highest BCUT2D eigenvalue weighted by atomic mass is 32.1. The molecule has 1 aliphatic heterocycles. The van der Waals surface area contributed by atoms with E-state index in [0.717, 1.165) is 32.2 Å². The molecule has 4 heterocycles. The molecule has 2 amide bonds. The van der Waals surface area contributed by atoms with Gasteiger partial charge < -0.3 is 9.80 Å². The van der Waals surface area contributed by atoms with Crippen LogP contribution >= 0.6 is 11.3 Å². The molecule has 3 aromatic heterocycles. The van der Waals surface area contributed by atoms with Gasteiger partial charge in [-0.15, -0.1) is 11.3 Å². The van der Waals surface area contributed by atoms with Gasteiger partial charge >= 0.3 is 0 Å². The van der Waals surface area contributed by atoms with Crippen LogP contribution in [0.4, 0.5) is 0 Å².